The Morgan fingerprint density at radius 2 is 1.59 bits per heavy atom. The van der Waals surface area contributed by atoms with Crippen molar-refractivity contribution in [1.82, 2.24) is 0 Å². The second kappa shape index (κ2) is 8.30. The van der Waals surface area contributed by atoms with Crippen LogP contribution in [0.2, 0.25) is 0 Å². The molecular weight excluding hydrogens is 428 g/mol. The molecule has 1 fully saturated rings. The van der Waals surface area contributed by atoms with Crippen LogP contribution >= 0.6 is 0 Å². The first kappa shape index (κ1) is 21.9. The van der Waals surface area contributed by atoms with Crippen LogP contribution in [0.3, 0.4) is 0 Å². The SMILES string of the molecule is O=c1c(O[C@H]2O[C@@H](CO)[C@@H](O)[C@@H](O)[C@@H]2O)c(-c2ccc(O)cc2)oc2cc(O)cc(O)c12. The predicted octanol–water partition coefficient (Wildman–Crippen LogP) is -0.244. The maximum absolute atomic E-state index is 13.2. The van der Waals surface area contributed by atoms with Crippen LogP contribution in [-0.2, 0) is 4.74 Å². The van der Waals surface area contributed by atoms with E-state index in [0.717, 1.165) is 12.1 Å². The zero-order valence-electron chi connectivity index (χ0n) is 16.3. The minimum absolute atomic E-state index is 0.0661. The largest absolute Gasteiger partial charge is 0.508 e. The van der Waals surface area contributed by atoms with E-state index in [4.69, 9.17) is 13.9 Å². The van der Waals surface area contributed by atoms with Crippen LogP contribution in [0, 0.1) is 0 Å². The van der Waals surface area contributed by atoms with E-state index in [0.29, 0.717) is 0 Å². The molecule has 32 heavy (non-hydrogen) atoms. The first-order valence-electron chi connectivity index (χ1n) is 9.50. The summed E-state index contributed by atoms with van der Waals surface area (Å²) in [6.07, 6.45) is -8.16. The van der Waals surface area contributed by atoms with E-state index in [1.807, 2.05) is 0 Å². The Labute approximate surface area is 179 Å². The number of hydrogen-bond donors (Lipinski definition) is 7. The molecule has 2 aromatic carbocycles. The standard InChI is InChI=1S/C21H20O11/c22-7-13-15(26)17(28)18(29)21(31-13)32-20-16(27)14-11(25)5-10(24)6-12(14)30-19(20)8-1-3-9(23)4-2-8/h1-6,13,15,17-18,21-26,28-29H,7H2/t13-,15+,17+,18-,21+/m0/s1. The summed E-state index contributed by atoms with van der Waals surface area (Å²) < 4.78 is 16.6. The smallest absolute Gasteiger partial charge is 0.239 e. The normalized spacial score (nSPS) is 25.7. The highest BCUT2D eigenvalue weighted by molar-refractivity contribution is 5.88. The molecule has 4 rings (SSSR count). The van der Waals surface area contributed by atoms with Crippen LogP contribution in [0.1, 0.15) is 0 Å². The van der Waals surface area contributed by atoms with Crippen LogP contribution in [-0.4, -0.2) is 73.1 Å². The van der Waals surface area contributed by atoms with Crippen LogP contribution in [0.4, 0.5) is 0 Å². The number of aliphatic hydroxyl groups excluding tert-OH is 4. The summed E-state index contributed by atoms with van der Waals surface area (Å²) in [6, 6.07) is 7.48. The van der Waals surface area contributed by atoms with Gasteiger partial charge in [-0.2, -0.15) is 0 Å². The summed E-state index contributed by atoms with van der Waals surface area (Å²) in [7, 11) is 0. The Hall–Kier alpha value is -3.35. The molecule has 0 amide bonds. The summed E-state index contributed by atoms with van der Waals surface area (Å²) >= 11 is 0. The number of aliphatic hydroxyl groups is 4. The molecule has 0 radical (unpaired) electrons. The molecule has 0 unspecified atom stereocenters. The van der Waals surface area contributed by atoms with E-state index in [2.05, 4.69) is 0 Å². The summed E-state index contributed by atoms with van der Waals surface area (Å²) in [6.45, 7) is -0.706. The second-order valence-electron chi connectivity index (χ2n) is 7.29. The van der Waals surface area contributed by atoms with Gasteiger partial charge in [0.25, 0.3) is 0 Å². The molecule has 1 saturated heterocycles. The predicted molar refractivity (Wildman–Crippen MR) is 107 cm³/mol. The molecule has 5 atom stereocenters. The average Bonchev–Trinajstić information content (AvgIpc) is 2.75. The van der Waals surface area contributed by atoms with E-state index in [1.165, 1.54) is 24.3 Å². The van der Waals surface area contributed by atoms with E-state index in [9.17, 15) is 40.5 Å². The Bertz CT molecular complexity index is 1190. The molecule has 0 spiro atoms. The Morgan fingerprint density at radius 1 is 0.906 bits per heavy atom. The van der Waals surface area contributed by atoms with Gasteiger partial charge >= 0.3 is 0 Å². The van der Waals surface area contributed by atoms with Crippen molar-refractivity contribution in [3.8, 4) is 34.3 Å². The quantitative estimate of drug-likeness (QED) is 0.279. The zero-order chi connectivity index (χ0) is 23.2. The molecule has 1 aliphatic heterocycles. The highest BCUT2D eigenvalue weighted by Crippen LogP contribution is 2.37. The van der Waals surface area contributed by atoms with E-state index in [-0.39, 0.29) is 33.8 Å². The minimum Gasteiger partial charge on any atom is -0.508 e. The lowest BCUT2D eigenvalue weighted by Gasteiger charge is -2.39. The fourth-order valence-electron chi connectivity index (χ4n) is 3.46. The second-order valence-corrected chi connectivity index (χ2v) is 7.29. The van der Waals surface area contributed by atoms with Gasteiger partial charge in [0.2, 0.25) is 17.5 Å². The minimum atomic E-state index is -1.80. The summed E-state index contributed by atoms with van der Waals surface area (Å²) in [5.74, 6) is -1.73. The topological polar surface area (TPSA) is 190 Å². The lowest BCUT2D eigenvalue weighted by molar-refractivity contribution is -0.277. The van der Waals surface area contributed by atoms with E-state index in [1.54, 1.807) is 0 Å². The van der Waals surface area contributed by atoms with Gasteiger partial charge in [0.1, 0.15) is 52.6 Å². The maximum atomic E-state index is 13.2. The van der Waals surface area contributed by atoms with Crippen molar-refractivity contribution >= 4 is 11.0 Å². The molecule has 7 N–H and O–H groups in total. The zero-order valence-corrected chi connectivity index (χ0v) is 16.3. The molecule has 3 aromatic rings. The van der Waals surface area contributed by atoms with Crippen molar-refractivity contribution in [1.29, 1.82) is 0 Å². The molecule has 11 heteroatoms. The highest BCUT2D eigenvalue weighted by Gasteiger charge is 2.45. The lowest BCUT2D eigenvalue weighted by atomic mass is 9.99. The Balaban J connectivity index is 1.89. The summed E-state index contributed by atoms with van der Waals surface area (Å²) in [5.41, 5.74) is -0.801. The first-order chi connectivity index (χ1) is 15.2. The van der Waals surface area contributed by atoms with Gasteiger partial charge in [-0.05, 0) is 24.3 Å². The number of benzene rings is 2. The molecule has 1 aliphatic rings. The third-order valence-electron chi connectivity index (χ3n) is 5.13. The third kappa shape index (κ3) is 3.72. The molecule has 1 aromatic heterocycles. The van der Waals surface area contributed by atoms with Crippen molar-refractivity contribution < 1.29 is 49.6 Å². The number of hydrogen-bond acceptors (Lipinski definition) is 11. The molecule has 0 saturated carbocycles. The molecule has 0 bridgehead atoms. The number of rotatable bonds is 4. The Morgan fingerprint density at radius 3 is 2.25 bits per heavy atom. The van der Waals surface area contributed by atoms with Gasteiger partial charge in [-0.25, -0.2) is 0 Å². The number of ether oxygens (including phenoxy) is 2. The van der Waals surface area contributed by atoms with Crippen molar-refractivity contribution in [2.75, 3.05) is 6.61 Å². The van der Waals surface area contributed by atoms with E-state index >= 15 is 0 Å². The van der Waals surface area contributed by atoms with Gasteiger partial charge in [0.05, 0.1) is 6.61 Å². The third-order valence-corrected chi connectivity index (χ3v) is 5.13. The molecular formula is C21H20O11. The van der Waals surface area contributed by atoms with Crippen LogP contribution < -0.4 is 10.2 Å². The molecule has 170 valence electrons. The van der Waals surface area contributed by atoms with Crippen LogP contribution in [0.5, 0.6) is 23.0 Å². The van der Waals surface area contributed by atoms with Crippen LogP contribution in [0.25, 0.3) is 22.3 Å². The van der Waals surface area contributed by atoms with Gasteiger partial charge in [0, 0.05) is 17.7 Å². The summed E-state index contributed by atoms with van der Waals surface area (Å²) in [5, 5.41) is 68.8. The van der Waals surface area contributed by atoms with Crippen molar-refractivity contribution in [3.63, 3.8) is 0 Å². The highest BCUT2D eigenvalue weighted by atomic mass is 16.7. The van der Waals surface area contributed by atoms with E-state index < -0.39 is 54.2 Å². The maximum Gasteiger partial charge on any atom is 0.239 e. The molecule has 11 nitrogen and oxygen atoms in total. The summed E-state index contributed by atoms with van der Waals surface area (Å²) in [4.78, 5) is 13.2. The fourth-order valence-corrected chi connectivity index (χ4v) is 3.46. The monoisotopic (exact) mass is 448 g/mol. The van der Waals surface area contributed by atoms with Gasteiger partial charge in [-0.3, -0.25) is 4.79 Å². The number of fused-ring (bicyclic) bond motifs is 1. The number of phenolic OH excluding ortho intramolecular Hbond substituents is 3. The van der Waals surface area contributed by atoms with Gasteiger partial charge in [-0.15, -0.1) is 0 Å². The Kier molecular flexibility index (Phi) is 5.67. The lowest BCUT2D eigenvalue weighted by Crippen LogP contribution is -2.60. The van der Waals surface area contributed by atoms with Gasteiger partial charge < -0.3 is 49.6 Å². The molecule has 0 aliphatic carbocycles. The average molecular weight is 448 g/mol. The number of aromatic hydroxyl groups is 3. The fraction of sp³-hybridized carbons (Fsp3) is 0.286. The van der Waals surface area contributed by atoms with Crippen molar-refractivity contribution in [2.45, 2.75) is 30.7 Å². The van der Waals surface area contributed by atoms with Crippen LogP contribution in [0.15, 0.2) is 45.6 Å². The first-order valence-corrected chi connectivity index (χ1v) is 9.50. The van der Waals surface area contributed by atoms with Crippen molar-refractivity contribution in [2.24, 2.45) is 0 Å². The number of phenols is 3. The van der Waals surface area contributed by atoms with Gasteiger partial charge in [0.15, 0.2) is 5.76 Å². The van der Waals surface area contributed by atoms with Crippen molar-refractivity contribution in [3.05, 3.63) is 46.6 Å². The molecule has 2 heterocycles. The van der Waals surface area contributed by atoms with Gasteiger partial charge in [-0.1, -0.05) is 0 Å².